The van der Waals surface area contributed by atoms with E-state index in [9.17, 15) is 9.90 Å². The Labute approximate surface area is 126 Å². The second-order valence-corrected chi connectivity index (χ2v) is 5.17. The molecule has 0 aliphatic carbocycles. The lowest BCUT2D eigenvalue weighted by atomic mass is 10.1. The molecule has 0 spiro atoms. The molecule has 0 saturated carbocycles. The van der Waals surface area contributed by atoms with Gasteiger partial charge in [0.2, 0.25) is 6.79 Å². The van der Waals surface area contributed by atoms with Crippen molar-refractivity contribution in [3.8, 4) is 23.0 Å². The summed E-state index contributed by atoms with van der Waals surface area (Å²) in [6.45, 7) is 0.218. The molecule has 6 nitrogen and oxygen atoms in total. The summed E-state index contributed by atoms with van der Waals surface area (Å²) in [6, 6.07) is 10.2. The van der Waals surface area contributed by atoms with Crippen LogP contribution in [0.2, 0.25) is 0 Å². The van der Waals surface area contributed by atoms with Gasteiger partial charge in [0, 0.05) is 12.5 Å². The zero-order chi connectivity index (χ0) is 15.1. The Balaban J connectivity index is 1.56. The maximum absolute atomic E-state index is 12.1. The number of phenols is 1. The molecule has 2 aliphatic heterocycles. The van der Waals surface area contributed by atoms with Crippen molar-refractivity contribution in [3.63, 3.8) is 0 Å². The quantitative estimate of drug-likeness (QED) is 0.887. The van der Waals surface area contributed by atoms with Crippen molar-refractivity contribution in [2.75, 3.05) is 12.1 Å². The molecular weight excluding hydrogens is 286 g/mol. The summed E-state index contributed by atoms with van der Waals surface area (Å²) in [6.07, 6.45) is -0.208. The van der Waals surface area contributed by atoms with Crippen LogP contribution in [0.25, 0.3) is 0 Å². The molecule has 0 saturated heterocycles. The third-order valence-corrected chi connectivity index (χ3v) is 3.64. The van der Waals surface area contributed by atoms with Gasteiger partial charge in [-0.25, -0.2) is 0 Å². The molecule has 2 heterocycles. The lowest BCUT2D eigenvalue weighted by molar-refractivity contribution is -0.123. The van der Waals surface area contributed by atoms with Gasteiger partial charge < -0.3 is 24.6 Å². The van der Waals surface area contributed by atoms with E-state index >= 15 is 0 Å². The molecule has 0 fully saturated rings. The first-order valence-corrected chi connectivity index (χ1v) is 6.88. The van der Waals surface area contributed by atoms with Gasteiger partial charge in [0.05, 0.1) is 5.69 Å². The fourth-order valence-corrected chi connectivity index (χ4v) is 2.55. The van der Waals surface area contributed by atoms with Crippen LogP contribution in [0.4, 0.5) is 5.69 Å². The Morgan fingerprint density at radius 3 is 2.82 bits per heavy atom. The Morgan fingerprint density at radius 2 is 1.91 bits per heavy atom. The van der Waals surface area contributed by atoms with E-state index in [2.05, 4.69) is 5.32 Å². The van der Waals surface area contributed by atoms with E-state index in [0.717, 1.165) is 5.56 Å². The summed E-state index contributed by atoms with van der Waals surface area (Å²) in [5.41, 5.74) is 1.40. The van der Waals surface area contributed by atoms with Crippen LogP contribution in [0, 0.1) is 0 Å². The largest absolute Gasteiger partial charge is 0.508 e. The number of rotatable bonds is 2. The van der Waals surface area contributed by atoms with Gasteiger partial charge in [-0.05, 0) is 29.8 Å². The van der Waals surface area contributed by atoms with Crippen LogP contribution in [0.1, 0.15) is 5.56 Å². The normalized spacial score (nSPS) is 18.4. The lowest BCUT2D eigenvalue weighted by Gasteiger charge is -2.26. The number of anilines is 1. The minimum atomic E-state index is -0.627. The number of hydrogen-bond acceptors (Lipinski definition) is 5. The number of aromatic hydroxyl groups is 1. The zero-order valence-electron chi connectivity index (χ0n) is 11.5. The van der Waals surface area contributed by atoms with Crippen LogP contribution in [0.3, 0.4) is 0 Å². The molecule has 0 bridgehead atoms. The van der Waals surface area contributed by atoms with E-state index in [-0.39, 0.29) is 18.4 Å². The average molecular weight is 299 g/mol. The first-order chi connectivity index (χ1) is 10.7. The molecule has 1 amide bonds. The smallest absolute Gasteiger partial charge is 0.265 e. The number of ether oxygens (including phenoxy) is 3. The van der Waals surface area contributed by atoms with Gasteiger partial charge in [-0.15, -0.1) is 0 Å². The number of phenolic OH excluding ortho intramolecular Hbond substituents is 1. The van der Waals surface area contributed by atoms with Gasteiger partial charge in [-0.3, -0.25) is 4.79 Å². The second kappa shape index (κ2) is 4.84. The summed E-state index contributed by atoms with van der Waals surface area (Å²) in [5.74, 6) is 1.77. The van der Waals surface area contributed by atoms with E-state index in [1.165, 1.54) is 12.1 Å². The Bertz CT molecular complexity index is 758. The fraction of sp³-hybridized carbons (Fsp3) is 0.188. The number of amides is 1. The maximum Gasteiger partial charge on any atom is 0.265 e. The molecule has 22 heavy (non-hydrogen) atoms. The molecule has 1 atom stereocenters. The van der Waals surface area contributed by atoms with Crippen molar-refractivity contribution in [1.29, 1.82) is 0 Å². The van der Waals surface area contributed by atoms with Crippen molar-refractivity contribution in [2.24, 2.45) is 0 Å². The van der Waals surface area contributed by atoms with Gasteiger partial charge in [-0.2, -0.15) is 0 Å². The lowest BCUT2D eigenvalue weighted by Crippen LogP contribution is -2.38. The standard InChI is InChI=1S/C16H13NO5/c18-10-2-4-12-11(7-10)17-16(19)15(22-12)6-9-1-3-13-14(5-9)21-8-20-13/h1-5,7,15,18H,6,8H2,(H,17,19). The molecule has 2 aromatic rings. The molecule has 2 aromatic carbocycles. The Hall–Kier alpha value is -2.89. The Kier molecular flexibility index (Phi) is 2.82. The van der Waals surface area contributed by atoms with Crippen LogP contribution < -0.4 is 19.5 Å². The topological polar surface area (TPSA) is 77.0 Å². The number of nitrogens with one attached hydrogen (secondary N) is 1. The minimum Gasteiger partial charge on any atom is -0.508 e. The second-order valence-electron chi connectivity index (χ2n) is 5.17. The van der Waals surface area contributed by atoms with E-state index in [0.29, 0.717) is 29.4 Å². The van der Waals surface area contributed by atoms with Crippen LogP contribution in [-0.4, -0.2) is 23.9 Å². The molecule has 2 N–H and O–H groups in total. The maximum atomic E-state index is 12.1. The van der Waals surface area contributed by atoms with Gasteiger partial charge >= 0.3 is 0 Å². The first-order valence-electron chi connectivity index (χ1n) is 6.88. The SMILES string of the molecule is O=C1Nc2cc(O)ccc2OC1Cc1ccc2c(c1)OCO2. The van der Waals surface area contributed by atoms with Crippen LogP contribution >= 0.6 is 0 Å². The molecule has 2 aliphatic rings. The number of carbonyl (C=O) groups excluding carboxylic acids is 1. The average Bonchev–Trinajstić information content (AvgIpc) is 2.96. The molecular formula is C16H13NO5. The van der Waals surface area contributed by atoms with Crippen LogP contribution in [0.5, 0.6) is 23.0 Å². The molecule has 0 radical (unpaired) electrons. The summed E-state index contributed by atoms with van der Waals surface area (Å²) in [4.78, 5) is 12.1. The van der Waals surface area contributed by atoms with E-state index in [1.807, 2.05) is 18.2 Å². The fourth-order valence-electron chi connectivity index (χ4n) is 2.55. The van der Waals surface area contributed by atoms with Crippen LogP contribution in [-0.2, 0) is 11.2 Å². The minimum absolute atomic E-state index is 0.0804. The highest BCUT2D eigenvalue weighted by atomic mass is 16.7. The van der Waals surface area contributed by atoms with Crippen LogP contribution in [0.15, 0.2) is 36.4 Å². The summed E-state index contributed by atoms with van der Waals surface area (Å²) < 4.78 is 16.3. The van der Waals surface area contributed by atoms with Crippen molar-refractivity contribution in [1.82, 2.24) is 0 Å². The predicted molar refractivity (Wildman–Crippen MR) is 77.4 cm³/mol. The number of fused-ring (bicyclic) bond motifs is 2. The molecule has 1 unspecified atom stereocenters. The highest BCUT2D eigenvalue weighted by Gasteiger charge is 2.28. The molecule has 112 valence electrons. The van der Waals surface area contributed by atoms with Crippen molar-refractivity contribution < 1.29 is 24.1 Å². The van der Waals surface area contributed by atoms with E-state index in [1.54, 1.807) is 6.07 Å². The number of benzene rings is 2. The van der Waals surface area contributed by atoms with E-state index in [4.69, 9.17) is 14.2 Å². The Morgan fingerprint density at radius 1 is 1.09 bits per heavy atom. The highest BCUT2D eigenvalue weighted by molar-refractivity contribution is 5.98. The third-order valence-electron chi connectivity index (χ3n) is 3.64. The number of carbonyl (C=O) groups is 1. The van der Waals surface area contributed by atoms with Crippen molar-refractivity contribution >= 4 is 11.6 Å². The summed E-state index contributed by atoms with van der Waals surface area (Å²) in [5, 5.41) is 12.2. The molecule has 0 aromatic heterocycles. The highest BCUT2D eigenvalue weighted by Crippen LogP contribution is 2.35. The van der Waals surface area contributed by atoms with E-state index < -0.39 is 6.10 Å². The first kappa shape index (κ1) is 12.8. The number of hydrogen-bond donors (Lipinski definition) is 2. The zero-order valence-corrected chi connectivity index (χ0v) is 11.5. The summed E-state index contributed by atoms with van der Waals surface area (Å²) >= 11 is 0. The monoisotopic (exact) mass is 299 g/mol. The molecule has 6 heteroatoms. The summed E-state index contributed by atoms with van der Waals surface area (Å²) in [7, 11) is 0. The van der Waals surface area contributed by atoms with Gasteiger partial charge in [-0.1, -0.05) is 6.07 Å². The van der Waals surface area contributed by atoms with Gasteiger partial charge in [0.1, 0.15) is 11.5 Å². The molecule has 4 rings (SSSR count). The van der Waals surface area contributed by atoms with Crippen molar-refractivity contribution in [2.45, 2.75) is 12.5 Å². The predicted octanol–water partition coefficient (Wildman–Crippen LogP) is 2.06. The van der Waals surface area contributed by atoms with Gasteiger partial charge in [0.25, 0.3) is 5.91 Å². The van der Waals surface area contributed by atoms with Crippen molar-refractivity contribution in [3.05, 3.63) is 42.0 Å². The van der Waals surface area contributed by atoms with Gasteiger partial charge in [0.15, 0.2) is 17.6 Å². The third kappa shape index (κ3) is 2.18.